The summed E-state index contributed by atoms with van der Waals surface area (Å²) in [5.74, 6) is -1.89. The highest BCUT2D eigenvalue weighted by atomic mass is 32.1. The molecule has 204 valence electrons. The quantitative estimate of drug-likeness (QED) is 0.178. The van der Waals surface area contributed by atoms with Crippen LogP contribution in [-0.2, 0) is 19.7 Å². The number of aromatic nitrogens is 1. The second-order valence-corrected chi connectivity index (χ2v) is 11.3. The van der Waals surface area contributed by atoms with Crippen molar-refractivity contribution in [1.82, 2.24) is 4.98 Å². The van der Waals surface area contributed by atoms with Crippen LogP contribution in [0.1, 0.15) is 71.4 Å². The summed E-state index contributed by atoms with van der Waals surface area (Å²) in [6.07, 6.45) is 0. The molecule has 1 fully saturated rings. The normalized spacial score (nSPS) is 17.0. The number of anilines is 1. The summed E-state index contributed by atoms with van der Waals surface area (Å²) in [4.78, 5) is 45.5. The molecule has 4 rings (SSSR count). The van der Waals surface area contributed by atoms with Crippen molar-refractivity contribution in [2.75, 3.05) is 18.6 Å². The predicted octanol–water partition coefficient (Wildman–Crippen LogP) is 5.87. The predicted molar refractivity (Wildman–Crippen MR) is 150 cm³/mol. The van der Waals surface area contributed by atoms with Crippen molar-refractivity contribution in [3.8, 4) is 5.75 Å². The van der Waals surface area contributed by atoms with Crippen molar-refractivity contribution < 1.29 is 29.0 Å². The summed E-state index contributed by atoms with van der Waals surface area (Å²) in [7, 11) is 1.55. The first-order valence-corrected chi connectivity index (χ1v) is 13.4. The molecule has 0 aliphatic carbocycles. The Bertz CT molecular complexity index is 1480. The van der Waals surface area contributed by atoms with E-state index in [2.05, 4.69) is 25.8 Å². The minimum atomic E-state index is -0.956. The van der Waals surface area contributed by atoms with E-state index < -0.39 is 23.7 Å². The Morgan fingerprint density at radius 1 is 1.10 bits per heavy atom. The second kappa shape index (κ2) is 10.6. The van der Waals surface area contributed by atoms with Gasteiger partial charge in [0.05, 0.1) is 31.0 Å². The Kier molecular flexibility index (Phi) is 7.66. The van der Waals surface area contributed by atoms with Gasteiger partial charge in [-0.05, 0) is 61.1 Å². The van der Waals surface area contributed by atoms with Gasteiger partial charge in [-0.2, -0.15) is 0 Å². The average molecular weight is 549 g/mol. The molecule has 39 heavy (non-hydrogen) atoms. The molecule has 0 radical (unpaired) electrons. The smallest absolute Gasteiger partial charge is 0.350 e. The number of thiazole rings is 1. The summed E-state index contributed by atoms with van der Waals surface area (Å²) >= 11 is 0.980. The molecule has 3 aromatic rings. The molecule has 1 aliphatic heterocycles. The van der Waals surface area contributed by atoms with Crippen molar-refractivity contribution in [2.45, 2.75) is 53.0 Å². The van der Waals surface area contributed by atoms with Crippen LogP contribution < -0.4 is 9.64 Å². The number of benzene rings is 2. The Balaban J connectivity index is 1.92. The van der Waals surface area contributed by atoms with Crippen LogP contribution in [-0.4, -0.2) is 41.5 Å². The largest absolute Gasteiger partial charge is 0.507 e. The molecule has 0 spiro atoms. The fourth-order valence-electron chi connectivity index (χ4n) is 4.56. The highest BCUT2D eigenvalue weighted by Gasteiger charge is 2.48. The van der Waals surface area contributed by atoms with Gasteiger partial charge in [-0.1, -0.05) is 56.4 Å². The Hall–Kier alpha value is -3.98. The molecule has 1 amide bonds. The second-order valence-electron chi connectivity index (χ2n) is 10.4. The number of ether oxygens (including phenoxy) is 2. The van der Waals surface area contributed by atoms with Gasteiger partial charge >= 0.3 is 11.9 Å². The number of aliphatic hydroxyl groups is 1. The highest BCUT2D eigenvalue weighted by molar-refractivity contribution is 7.17. The third-order valence-electron chi connectivity index (χ3n) is 6.66. The van der Waals surface area contributed by atoms with E-state index in [1.807, 2.05) is 31.2 Å². The molecule has 9 heteroatoms. The highest BCUT2D eigenvalue weighted by Crippen LogP contribution is 2.44. The van der Waals surface area contributed by atoms with Crippen LogP contribution in [0.5, 0.6) is 5.75 Å². The molecule has 8 nitrogen and oxygen atoms in total. The fourth-order valence-corrected chi connectivity index (χ4v) is 5.55. The Morgan fingerprint density at radius 3 is 2.33 bits per heavy atom. The molecule has 0 bridgehead atoms. The maximum absolute atomic E-state index is 13.5. The number of Topliss-reactive ketones (excluding diaryl/α,β-unsaturated/α-hetero) is 1. The average Bonchev–Trinajstić information content (AvgIpc) is 3.40. The van der Waals surface area contributed by atoms with Crippen LogP contribution >= 0.6 is 11.3 Å². The molecular weight excluding hydrogens is 516 g/mol. The van der Waals surface area contributed by atoms with Gasteiger partial charge in [0, 0.05) is 5.56 Å². The summed E-state index contributed by atoms with van der Waals surface area (Å²) in [6.45, 7) is 11.6. The lowest BCUT2D eigenvalue weighted by molar-refractivity contribution is -0.132. The van der Waals surface area contributed by atoms with Gasteiger partial charge in [0.1, 0.15) is 16.4 Å². The SMILES string of the molecule is CCOC(=O)c1sc(N2C(=O)C(=O)/C(=C(/O)c3ccc(OC)c(C)c3)[C@H]2c2ccc(C(C)(C)C)cc2)nc1C. The van der Waals surface area contributed by atoms with Crippen LogP contribution in [0.3, 0.4) is 0 Å². The van der Waals surface area contributed by atoms with E-state index in [0.29, 0.717) is 22.6 Å². The number of carbonyl (C=O) groups excluding carboxylic acids is 3. The summed E-state index contributed by atoms with van der Waals surface area (Å²) < 4.78 is 10.5. The third kappa shape index (κ3) is 5.18. The molecule has 2 aromatic carbocycles. The van der Waals surface area contributed by atoms with E-state index in [0.717, 1.165) is 22.5 Å². The van der Waals surface area contributed by atoms with E-state index >= 15 is 0 Å². The lowest BCUT2D eigenvalue weighted by Gasteiger charge is -2.25. The lowest BCUT2D eigenvalue weighted by Crippen LogP contribution is -2.29. The number of amides is 1. The Morgan fingerprint density at radius 2 is 1.77 bits per heavy atom. The topological polar surface area (TPSA) is 106 Å². The van der Waals surface area contributed by atoms with Gasteiger partial charge in [-0.3, -0.25) is 14.5 Å². The maximum Gasteiger partial charge on any atom is 0.350 e. The van der Waals surface area contributed by atoms with Crippen molar-refractivity contribution in [3.05, 3.63) is 80.9 Å². The minimum Gasteiger partial charge on any atom is -0.507 e. The number of nitrogens with zero attached hydrogens (tertiary/aromatic N) is 2. The number of hydrogen-bond acceptors (Lipinski definition) is 8. The first-order valence-electron chi connectivity index (χ1n) is 12.6. The monoisotopic (exact) mass is 548 g/mol. The maximum atomic E-state index is 13.5. The lowest BCUT2D eigenvalue weighted by atomic mass is 9.85. The molecule has 1 N–H and O–H groups in total. The molecular formula is C30H32N2O6S. The standard InChI is InChI=1S/C30H32N2O6S/c1-8-38-28(36)26-17(3)31-29(39-26)32-23(18-9-12-20(13-10-18)30(4,5)6)22(25(34)27(32)35)24(33)19-11-14-21(37-7)16(2)15-19/h9-15,23,33H,8H2,1-7H3/b24-22+/t23-/m1/s1. The van der Waals surface area contributed by atoms with Crippen molar-refractivity contribution in [3.63, 3.8) is 0 Å². The van der Waals surface area contributed by atoms with E-state index in [1.165, 1.54) is 4.90 Å². The zero-order valence-corrected chi connectivity index (χ0v) is 23.9. The zero-order chi connectivity index (χ0) is 28.6. The van der Waals surface area contributed by atoms with Crippen LogP contribution in [0.4, 0.5) is 5.13 Å². The number of carbonyl (C=O) groups is 3. The summed E-state index contributed by atoms with van der Waals surface area (Å²) in [6, 6.07) is 11.7. The van der Waals surface area contributed by atoms with Gasteiger partial charge in [0.25, 0.3) is 5.78 Å². The molecule has 0 saturated carbocycles. The fraction of sp³-hybridized carbons (Fsp3) is 0.333. The number of methoxy groups -OCH3 is 1. The van der Waals surface area contributed by atoms with Crippen molar-refractivity contribution >= 4 is 39.9 Å². The minimum absolute atomic E-state index is 0.0568. The molecule has 1 saturated heterocycles. The van der Waals surface area contributed by atoms with Crippen LogP contribution in [0.15, 0.2) is 48.0 Å². The zero-order valence-electron chi connectivity index (χ0n) is 23.1. The van der Waals surface area contributed by atoms with Gasteiger partial charge in [0.15, 0.2) is 5.13 Å². The number of ketones is 1. The molecule has 1 atom stereocenters. The molecule has 2 heterocycles. The van der Waals surface area contributed by atoms with E-state index in [1.54, 1.807) is 39.2 Å². The van der Waals surface area contributed by atoms with Gasteiger partial charge in [0.2, 0.25) is 0 Å². The van der Waals surface area contributed by atoms with Crippen molar-refractivity contribution in [1.29, 1.82) is 0 Å². The number of rotatable bonds is 6. The van der Waals surface area contributed by atoms with Crippen LogP contribution in [0.25, 0.3) is 5.76 Å². The number of aliphatic hydroxyl groups excluding tert-OH is 1. The number of esters is 1. The van der Waals surface area contributed by atoms with Gasteiger partial charge < -0.3 is 14.6 Å². The molecule has 1 aromatic heterocycles. The van der Waals surface area contributed by atoms with Gasteiger partial charge in [-0.25, -0.2) is 9.78 Å². The van der Waals surface area contributed by atoms with E-state index in [4.69, 9.17) is 9.47 Å². The van der Waals surface area contributed by atoms with Crippen LogP contribution in [0.2, 0.25) is 0 Å². The van der Waals surface area contributed by atoms with E-state index in [9.17, 15) is 19.5 Å². The first kappa shape index (κ1) is 28.0. The first-order chi connectivity index (χ1) is 18.4. The third-order valence-corrected chi connectivity index (χ3v) is 7.79. The van der Waals surface area contributed by atoms with Crippen molar-refractivity contribution in [2.24, 2.45) is 0 Å². The van der Waals surface area contributed by atoms with Gasteiger partial charge in [-0.15, -0.1) is 0 Å². The summed E-state index contributed by atoms with van der Waals surface area (Å²) in [5.41, 5.74) is 3.06. The number of aryl methyl sites for hydroxylation is 2. The van der Waals surface area contributed by atoms with Crippen LogP contribution in [0, 0.1) is 13.8 Å². The number of hydrogen-bond donors (Lipinski definition) is 1. The molecule has 1 aliphatic rings. The van der Waals surface area contributed by atoms with E-state index in [-0.39, 0.29) is 33.4 Å². The Labute approximate surface area is 231 Å². The summed E-state index contributed by atoms with van der Waals surface area (Å²) in [5, 5.41) is 11.6. The molecule has 0 unspecified atom stereocenters.